The first-order valence-electron chi connectivity index (χ1n) is 7.50. The molecule has 0 saturated heterocycles. The summed E-state index contributed by atoms with van der Waals surface area (Å²) in [6, 6.07) is 3.62. The minimum absolute atomic E-state index is 0.0858. The quantitative estimate of drug-likeness (QED) is 0.877. The molecule has 0 unspecified atom stereocenters. The van der Waals surface area contributed by atoms with E-state index < -0.39 is 0 Å². The second-order valence-corrected chi connectivity index (χ2v) is 5.66. The maximum atomic E-state index is 12.1. The number of hydrogen-bond donors (Lipinski definition) is 1. The number of hydrogen-bond acceptors (Lipinski definition) is 4. The highest BCUT2D eigenvalue weighted by atomic mass is 16.1. The van der Waals surface area contributed by atoms with E-state index >= 15 is 0 Å². The Hall–Kier alpha value is -2.11. The highest BCUT2D eigenvalue weighted by Gasteiger charge is 2.20. The summed E-state index contributed by atoms with van der Waals surface area (Å²) >= 11 is 0. The van der Waals surface area contributed by atoms with Gasteiger partial charge in [-0.1, -0.05) is 0 Å². The Balaban J connectivity index is 1.74. The van der Waals surface area contributed by atoms with Crippen molar-refractivity contribution in [3.05, 3.63) is 40.1 Å². The molecule has 1 N–H and O–H groups in total. The Morgan fingerprint density at radius 1 is 1.33 bits per heavy atom. The van der Waals surface area contributed by atoms with E-state index in [4.69, 9.17) is 0 Å². The van der Waals surface area contributed by atoms with E-state index in [1.54, 1.807) is 12.3 Å². The van der Waals surface area contributed by atoms with Gasteiger partial charge in [-0.2, -0.15) is 10.2 Å². The third-order valence-corrected chi connectivity index (χ3v) is 3.76. The van der Waals surface area contributed by atoms with E-state index in [9.17, 15) is 4.79 Å². The summed E-state index contributed by atoms with van der Waals surface area (Å²) in [6.07, 6.45) is 4.30. The number of nitrogens with one attached hydrogen (secondary N) is 1. The molecule has 0 aromatic carbocycles. The molecule has 0 amide bonds. The van der Waals surface area contributed by atoms with E-state index in [0.29, 0.717) is 6.54 Å². The van der Waals surface area contributed by atoms with Crippen LogP contribution in [0.3, 0.4) is 0 Å². The first-order chi connectivity index (χ1) is 10.2. The van der Waals surface area contributed by atoms with Crippen molar-refractivity contribution in [1.29, 1.82) is 0 Å². The molecule has 1 fully saturated rings. The van der Waals surface area contributed by atoms with Gasteiger partial charge in [0.2, 0.25) is 0 Å². The lowest BCUT2D eigenvalue weighted by molar-refractivity contribution is 0.559. The molecule has 0 radical (unpaired) electrons. The van der Waals surface area contributed by atoms with Gasteiger partial charge in [0.1, 0.15) is 0 Å². The molecular formula is C15H21N5O. The standard InChI is InChI=1S/C15H21N5O/c1-3-19-14(6-11(2)18-19)10-20-15(21)7-13(9-17-20)16-8-12-4-5-12/h6-7,9,12,16H,3-5,8,10H2,1-2H3. The average molecular weight is 287 g/mol. The Labute approximate surface area is 123 Å². The van der Waals surface area contributed by atoms with Crippen LogP contribution in [0.2, 0.25) is 0 Å². The van der Waals surface area contributed by atoms with Gasteiger partial charge in [0.15, 0.2) is 0 Å². The summed E-state index contributed by atoms with van der Waals surface area (Å²) < 4.78 is 3.38. The molecule has 0 atom stereocenters. The van der Waals surface area contributed by atoms with Crippen LogP contribution in [0.1, 0.15) is 31.2 Å². The van der Waals surface area contributed by atoms with Crippen molar-refractivity contribution >= 4 is 5.69 Å². The molecule has 3 rings (SSSR count). The fraction of sp³-hybridized carbons (Fsp3) is 0.533. The second kappa shape index (κ2) is 5.71. The first-order valence-corrected chi connectivity index (χ1v) is 7.50. The molecule has 6 heteroatoms. The topological polar surface area (TPSA) is 64.7 Å². The Bertz CT molecular complexity index is 684. The zero-order valence-electron chi connectivity index (χ0n) is 12.5. The fourth-order valence-corrected chi connectivity index (χ4v) is 2.39. The minimum atomic E-state index is -0.0858. The van der Waals surface area contributed by atoms with Gasteiger partial charge in [0, 0.05) is 19.2 Å². The molecule has 0 spiro atoms. The molecule has 1 aliphatic carbocycles. The molecule has 21 heavy (non-hydrogen) atoms. The van der Waals surface area contributed by atoms with Crippen molar-refractivity contribution in [2.75, 3.05) is 11.9 Å². The first kappa shape index (κ1) is 13.9. The maximum absolute atomic E-state index is 12.1. The monoisotopic (exact) mass is 287 g/mol. The number of anilines is 1. The zero-order valence-corrected chi connectivity index (χ0v) is 12.5. The molecule has 2 aromatic rings. The van der Waals surface area contributed by atoms with Crippen LogP contribution in [0.5, 0.6) is 0 Å². The van der Waals surface area contributed by atoms with Crippen molar-refractivity contribution in [2.45, 2.75) is 39.8 Å². The van der Waals surface area contributed by atoms with Gasteiger partial charge in [-0.3, -0.25) is 9.48 Å². The lowest BCUT2D eigenvalue weighted by atomic mass is 10.3. The number of aryl methyl sites for hydroxylation is 2. The van der Waals surface area contributed by atoms with E-state index in [-0.39, 0.29) is 5.56 Å². The highest BCUT2D eigenvalue weighted by Crippen LogP contribution is 2.28. The summed E-state index contributed by atoms with van der Waals surface area (Å²) in [5.74, 6) is 0.773. The molecule has 0 aliphatic heterocycles. The van der Waals surface area contributed by atoms with Gasteiger partial charge in [0.25, 0.3) is 5.56 Å². The van der Waals surface area contributed by atoms with Crippen LogP contribution in [0, 0.1) is 12.8 Å². The van der Waals surface area contributed by atoms with Crippen LogP contribution in [0.15, 0.2) is 23.1 Å². The van der Waals surface area contributed by atoms with E-state index in [1.807, 2.05) is 24.6 Å². The van der Waals surface area contributed by atoms with Gasteiger partial charge in [-0.25, -0.2) is 4.68 Å². The summed E-state index contributed by atoms with van der Waals surface area (Å²) in [6.45, 7) is 6.18. The Kier molecular flexibility index (Phi) is 3.77. The maximum Gasteiger partial charge on any atom is 0.269 e. The second-order valence-electron chi connectivity index (χ2n) is 5.66. The molecular weight excluding hydrogens is 266 g/mol. The number of rotatable bonds is 6. The van der Waals surface area contributed by atoms with Crippen LogP contribution >= 0.6 is 0 Å². The van der Waals surface area contributed by atoms with Crippen molar-refractivity contribution in [3.8, 4) is 0 Å². The lowest BCUT2D eigenvalue weighted by Crippen LogP contribution is -2.24. The third kappa shape index (κ3) is 3.32. The predicted octanol–water partition coefficient (Wildman–Crippen LogP) is 1.64. The van der Waals surface area contributed by atoms with Crippen LogP contribution in [-0.2, 0) is 13.1 Å². The highest BCUT2D eigenvalue weighted by molar-refractivity contribution is 5.39. The largest absolute Gasteiger partial charge is 0.383 e. The zero-order chi connectivity index (χ0) is 14.8. The summed E-state index contributed by atoms with van der Waals surface area (Å²) in [7, 11) is 0. The number of nitrogens with zero attached hydrogens (tertiary/aromatic N) is 4. The molecule has 2 aromatic heterocycles. The lowest BCUT2D eigenvalue weighted by Gasteiger charge is -2.08. The van der Waals surface area contributed by atoms with Gasteiger partial charge >= 0.3 is 0 Å². The molecule has 1 aliphatic rings. The van der Waals surface area contributed by atoms with Crippen molar-refractivity contribution in [1.82, 2.24) is 19.6 Å². The smallest absolute Gasteiger partial charge is 0.269 e. The molecule has 2 heterocycles. The summed E-state index contributed by atoms with van der Waals surface area (Å²) in [5.41, 5.74) is 2.69. The Morgan fingerprint density at radius 2 is 2.14 bits per heavy atom. The van der Waals surface area contributed by atoms with Gasteiger partial charge in [-0.05, 0) is 38.7 Å². The predicted molar refractivity (Wildman–Crippen MR) is 81.5 cm³/mol. The molecule has 6 nitrogen and oxygen atoms in total. The Morgan fingerprint density at radius 3 is 2.81 bits per heavy atom. The fourth-order valence-electron chi connectivity index (χ4n) is 2.39. The van der Waals surface area contributed by atoms with Gasteiger partial charge in [0.05, 0.1) is 29.8 Å². The van der Waals surface area contributed by atoms with Crippen LogP contribution in [-0.4, -0.2) is 26.1 Å². The molecule has 0 bridgehead atoms. The normalized spacial score (nSPS) is 14.4. The summed E-state index contributed by atoms with van der Waals surface area (Å²) in [4.78, 5) is 12.1. The number of aromatic nitrogens is 4. The van der Waals surface area contributed by atoms with E-state index in [1.165, 1.54) is 17.5 Å². The van der Waals surface area contributed by atoms with Crippen molar-refractivity contribution < 1.29 is 0 Å². The third-order valence-electron chi connectivity index (χ3n) is 3.76. The van der Waals surface area contributed by atoms with E-state index in [2.05, 4.69) is 15.5 Å². The van der Waals surface area contributed by atoms with Gasteiger partial charge < -0.3 is 5.32 Å². The minimum Gasteiger partial charge on any atom is -0.383 e. The van der Waals surface area contributed by atoms with Crippen LogP contribution < -0.4 is 10.9 Å². The average Bonchev–Trinajstić information content (AvgIpc) is 3.22. The SMILES string of the molecule is CCn1nc(C)cc1Cn1ncc(NCC2CC2)cc1=O. The van der Waals surface area contributed by atoms with Crippen molar-refractivity contribution in [3.63, 3.8) is 0 Å². The van der Waals surface area contributed by atoms with Crippen LogP contribution in [0.25, 0.3) is 0 Å². The van der Waals surface area contributed by atoms with E-state index in [0.717, 1.165) is 36.1 Å². The summed E-state index contributed by atoms with van der Waals surface area (Å²) in [5, 5.41) is 11.9. The van der Waals surface area contributed by atoms with Crippen molar-refractivity contribution in [2.24, 2.45) is 5.92 Å². The molecule has 112 valence electrons. The van der Waals surface area contributed by atoms with Crippen LogP contribution in [0.4, 0.5) is 5.69 Å². The molecule has 1 saturated carbocycles. The van der Waals surface area contributed by atoms with Gasteiger partial charge in [-0.15, -0.1) is 0 Å².